The SMILES string of the molecule is C=CCC/C(=C/CCCC)CC. The van der Waals surface area contributed by atoms with E-state index in [4.69, 9.17) is 0 Å². The van der Waals surface area contributed by atoms with E-state index in [9.17, 15) is 0 Å². The van der Waals surface area contributed by atoms with Gasteiger partial charge in [0.25, 0.3) is 0 Å². The van der Waals surface area contributed by atoms with Gasteiger partial charge in [-0.2, -0.15) is 0 Å². The van der Waals surface area contributed by atoms with Crippen LogP contribution < -0.4 is 0 Å². The average molecular weight is 166 g/mol. The van der Waals surface area contributed by atoms with Gasteiger partial charge in [-0.15, -0.1) is 6.58 Å². The van der Waals surface area contributed by atoms with E-state index in [-0.39, 0.29) is 0 Å². The molecule has 0 nitrogen and oxygen atoms in total. The lowest BCUT2D eigenvalue weighted by Gasteiger charge is -2.01. The van der Waals surface area contributed by atoms with Crippen molar-refractivity contribution < 1.29 is 0 Å². The van der Waals surface area contributed by atoms with Gasteiger partial charge in [0.1, 0.15) is 0 Å². The van der Waals surface area contributed by atoms with Crippen LogP contribution in [0.5, 0.6) is 0 Å². The van der Waals surface area contributed by atoms with Crippen LogP contribution in [0.3, 0.4) is 0 Å². The van der Waals surface area contributed by atoms with Crippen molar-refractivity contribution in [3.05, 3.63) is 24.3 Å². The number of hydrogen-bond acceptors (Lipinski definition) is 0. The molecule has 0 aromatic carbocycles. The molecule has 0 rings (SSSR count). The zero-order valence-corrected chi connectivity index (χ0v) is 8.60. The molecule has 0 N–H and O–H groups in total. The maximum Gasteiger partial charge on any atom is -0.0286 e. The Bertz CT molecular complexity index is 131. The van der Waals surface area contributed by atoms with E-state index in [0.717, 1.165) is 6.42 Å². The molecule has 0 spiro atoms. The van der Waals surface area contributed by atoms with Crippen molar-refractivity contribution >= 4 is 0 Å². The fourth-order valence-corrected chi connectivity index (χ4v) is 1.22. The molecule has 12 heavy (non-hydrogen) atoms. The highest BCUT2D eigenvalue weighted by Crippen LogP contribution is 2.11. The first-order valence-electron chi connectivity index (χ1n) is 5.13. The van der Waals surface area contributed by atoms with Crippen LogP contribution in [-0.2, 0) is 0 Å². The zero-order valence-electron chi connectivity index (χ0n) is 8.60. The smallest absolute Gasteiger partial charge is 0.0286 e. The lowest BCUT2D eigenvalue weighted by atomic mass is 10.1. The van der Waals surface area contributed by atoms with Crippen LogP contribution in [0, 0.1) is 0 Å². The van der Waals surface area contributed by atoms with Crippen molar-refractivity contribution in [2.24, 2.45) is 0 Å². The first-order chi connectivity index (χ1) is 5.85. The van der Waals surface area contributed by atoms with Gasteiger partial charge >= 0.3 is 0 Å². The highest BCUT2D eigenvalue weighted by atomic mass is 14.0. The first-order valence-corrected chi connectivity index (χ1v) is 5.13. The number of rotatable bonds is 7. The van der Waals surface area contributed by atoms with Crippen LogP contribution in [0.25, 0.3) is 0 Å². The lowest BCUT2D eigenvalue weighted by Crippen LogP contribution is -1.81. The first kappa shape index (κ1) is 11.5. The summed E-state index contributed by atoms with van der Waals surface area (Å²) >= 11 is 0. The van der Waals surface area contributed by atoms with E-state index in [2.05, 4.69) is 26.5 Å². The van der Waals surface area contributed by atoms with E-state index in [0.29, 0.717) is 0 Å². The Morgan fingerprint density at radius 3 is 2.50 bits per heavy atom. The predicted molar refractivity (Wildman–Crippen MR) is 57.3 cm³/mol. The second-order valence-corrected chi connectivity index (χ2v) is 3.19. The van der Waals surface area contributed by atoms with Gasteiger partial charge in [0.15, 0.2) is 0 Å². The molecule has 0 bridgehead atoms. The fraction of sp³-hybridized carbons (Fsp3) is 0.667. The number of allylic oxidation sites excluding steroid dienone is 3. The molecular formula is C12H22. The van der Waals surface area contributed by atoms with Gasteiger partial charge < -0.3 is 0 Å². The third-order valence-electron chi connectivity index (χ3n) is 2.11. The maximum absolute atomic E-state index is 3.74. The Balaban J connectivity index is 3.62. The molecule has 0 fully saturated rings. The molecule has 0 aromatic rings. The summed E-state index contributed by atoms with van der Waals surface area (Å²) in [6.07, 6.45) is 11.9. The molecule has 0 aliphatic heterocycles. The molecule has 0 heterocycles. The molecule has 0 amide bonds. The highest BCUT2D eigenvalue weighted by Gasteiger charge is 1.91. The molecule has 0 aliphatic carbocycles. The highest BCUT2D eigenvalue weighted by molar-refractivity contribution is 5.02. The largest absolute Gasteiger partial charge is 0.103 e. The standard InChI is InChI=1S/C12H22/c1-4-7-9-11-12(6-3)10-8-5-2/h5,11H,2,4,6-10H2,1,3H3/b12-11+. The number of unbranched alkanes of at least 4 members (excludes halogenated alkanes) is 2. The minimum atomic E-state index is 1.13. The number of hydrogen-bond donors (Lipinski definition) is 0. The van der Waals surface area contributed by atoms with Gasteiger partial charge in [0.2, 0.25) is 0 Å². The Kier molecular flexibility index (Phi) is 8.20. The molecule has 0 radical (unpaired) electrons. The van der Waals surface area contributed by atoms with Crippen LogP contribution in [0.15, 0.2) is 24.3 Å². The molecule has 0 saturated heterocycles. The van der Waals surface area contributed by atoms with Crippen LogP contribution in [0.2, 0.25) is 0 Å². The summed E-state index contributed by atoms with van der Waals surface area (Å²) in [5.74, 6) is 0. The third-order valence-corrected chi connectivity index (χ3v) is 2.11. The average Bonchev–Trinajstić information content (AvgIpc) is 2.11. The Morgan fingerprint density at radius 2 is 2.00 bits per heavy atom. The predicted octanol–water partition coefficient (Wildman–Crippen LogP) is 4.48. The van der Waals surface area contributed by atoms with Gasteiger partial charge in [-0.1, -0.05) is 44.4 Å². The van der Waals surface area contributed by atoms with Crippen molar-refractivity contribution in [1.29, 1.82) is 0 Å². The molecule has 0 heteroatoms. The molecule has 0 aliphatic rings. The Morgan fingerprint density at radius 1 is 1.25 bits per heavy atom. The van der Waals surface area contributed by atoms with E-state index in [1.807, 2.05) is 6.08 Å². The normalized spacial score (nSPS) is 11.7. The minimum absolute atomic E-state index is 1.13. The van der Waals surface area contributed by atoms with Gasteiger partial charge in [-0.05, 0) is 25.7 Å². The molecule has 0 saturated carbocycles. The summed E-state index contributed by atoms with van der Waals surface area (Å²) < 4.78 is 0. The third kappa shape index (κ3) is 6.21. The van der Waals surface area contributed by atoms with Gasteiger partial charge in [-0.3, -0.25) is 0 Å². The quantitative estimate of drug-likeness (QED) is 0.386. The van der Waals surface area contributed by atoms with E-state index < -0.39 is 0 Å². The van der Waals surface area contributed by atoms with Crippen molar-refractivity contribution in [2.75, 3.05) is 0 Å². The van der Waals surface area contributed by atoms with Gasteiger partial charge in [0.05, 0.1) is 0 Å². The van der Waals surface area contributed by atoms with E-state index in [1.54, 1.807) is 5.57 Å². The summed E-state index contributed by atoms with van der Waals surface area (Å²) in [4.78, 5) is 0. The Hall–Kier alpha value is -0.520. The van der Waals surface area contributed by atoms with Crippen molar-refractivity contribution in [3.63, 3.8) is 0 Å². The second kappa shape index (κ2) is 8.58. The molecule has 0 unspecified atom stereocenters. The van der Waals surface area contributed by atoms with E-state index >= 15 is 0 Å². The molecule has 0 atom stereocenters. The van der Waals surface area contributed by atoms with Gasteiger partial charge in [0, 0.05) is 0 Å². The minimum Gasteiger partial charge on any atom is -0.103 e. The van der Waals surface area contributed by atoms with Crippen molar-refractivity contribution in [1.82, 2.24) is 0 Å². The molecule has 70 valence electrons. The fourth-order valence-electron chi connectivity index (χ4n) is 1.22. The van der Waals surface area contributed by atoms with Crippen molar-refractivity contribution in [2.45, 2.75) is 52.4 Å². The maximum atomic E-state index is 3.74. The Labute approximate surface area is 77.4 Å². The van der Waals surface area contributed by atoms with Gasteiger partial charge in [-0.25, -0.2) is 0 Å². The van der Waals surface area contributed by atoms with Crippen LogP contribution in [0.4, 0.5) is 0 Å². The topological polar surface area (TPSA) is 0 Å². The van der Waals surface area contributed by atoms with Crippen LogP contribution in [0.1, 0.15) is 52.4 Å². The van der Waals surface area contributed by atoms with Crippen molar-refractivity contribution in [3.8, 4) is 0 Å². The summed E-state index contributed by atoms with van der Waals surface area (Å²) in [7, 11) is 0. The summed E-state index contributed by atoms with van der Waals surface area (Å²) in [6, 6.07) is 0. The monoisotopic (exact) mass is 166 g/mol. The van der Waals surface area contributed by atoms with E-state index in [1.165, 1.54) is 32.1 Å². The summed E-state index contributed by atoms with van der Waals surface area (Å²) in [5.41, 5.74) is 1.60. The lowest BCUT2D eigenvalue weighted by molar-refractivity contribution is 0.796. The van der Waals surface area contributed by atoms with Crippen LogP contribution in [-0.4, -0.2) is 0 Å². The summed E-state index contributed by atoms with van der Waals surface area (Å²) in [6.45, 7) is 8.21. The zero-order chi connectivity index (χ0) is 9.23. The second-order valence-electron chi connectivity index (χ2n) is 3.19. The molecule has 0 aromatic heterocycles. The summed E-state index contributed by atoms with van der Waals surface area (Å²) in [5, 5.41) is 0. The molecular weight excluding hydrogens is 144 g/mol. The van der Waals surface area contributed by atoms with Crippen LogP contribution >= 0.6 is 0 Å².